The Bertz CT molecular complexity index is 834. The Labute approximate surface area is 194 Å². The molecule has 4 aliphatic carbocycles. The summed E-state index contributed by atoms with van der Waals surface area (Å²) in [6.07, 6.45) is 8.10. The summed E-state index contributed by atoms with van der Waals surface area (Å²) in [5.41, 5.74) is 4.44. The molecule has 0 radical (unpaired) electrons. The second kappa shape index (κ2) is 8.06. The van der Waals surface area contributed by atoms with Crippen LogP contribution in [0.25, 0.3) is 0 Å². The van der Waals surface area contributed by atoms with Crippen molar-refractivity contribution in [3.63, 3.8) is 0 Å². The van der Waals surface area contributed by atoms with Gasteiger partial charge in [-0.3, -0.25) is 4.79 Å². The van der Waals surface area contributed by atoms with Crippen LogP contribution in [-0.4, -0.2) is 52.7 Å². The fraction of sp³-hybridized carbons (Fsp3) is 0.821. The van der Waals surface area contributed by atoms with E-state index in [2.05, 4.69) is 39.6 Å². The minimum Gasteiger partial charge on any atom is -0.393 e. The molecular weight excluding hydrogens is 398 g/mol. The first-order valence-electron chi connectivity index (χ1n) is 13.2. The number of nitrogens with zero attached hydrogens (tertiary/aromatic N) is 1. The van der Waals surface area contributed by atoms with E-state index in [9.17, 15) is 15.0 Å². The molecule has 0 aromatic carbocycles. The first-order chi connectivity index (χ1) is 15.1. The van der Waals surface area contributed by atoms with Crippen LogP contribution in [0.15, 0.2) is 22.8 Å². The van der Waals surface area contributed by atoms with Crippen molar-refractivity contribution < 1.29 is 15.0 Å². The highest BCUT2D eigenvalue weighted by Crippen LogP contribution is 2.61. The van der Waals surface area contributed by atoms with Crippen molar-refractivity contribution in [2.75, 3.05) is 13.6 Å². The van der Waals surface area contributed by atoms with Gasteiger partial charge in [0.25, 0.3) is 0 Å². The van der Waals surface area contributed by atoms with E-state index in [4.69, 9.17) is 0 Å². The molecule has 10 atom stereocenters. The molecule has 1 heterocycles. The van der Waals surface area contributed by atoms with E-state index in [0.29, 0.717) is 36.0 Å². The minimum atomic E-state index is -0.318. The van der Waals surface area contributed by atoms with Crippen molar-refractivity contribution in [1.82, 2.24) is 4.90 Å². The van der Waals surface area contributed by atoms with E-state index < -0.39 is 0 Å². The predicted octanol–water partition coefficient (Wildman–Crippen LogP) is 4.36. The van der Waals surface area contributed by atoms with Crippen molar-refractivity contribution in [2.24, 2.45) is 40.9 Å². The minimum absolute atomic E-state index is 0.00547. The highest BCUT2D eigenvalue weighted by atomic mass is 16.3. The normalized spacial score (nSPS) is 48.1. The molecule has 0 amide bonds. The largest absolute Gasteiger partial charge is 0.393 e. The Morgan fingerprint density at radius 2 is 1.91 bits per heavy atom. The second-order valence-corrected chi connectivity index (χ2v) is 12.4. The molecule has 5 rings (SSSR count). The summed E-state index contributed by atoms with van der Waals surface area (Å²) < 4.78 is 0. The van der Waals surface area contributed by atoms with Crippen molar-refractivity contribution >= 4 is 5.78 Å². The molecule has 5 aliphatic rings. The number of rotatable bonds is 2. The maximum absolute atomic E-state index is 13.1. The number of fused-ring (bicyclic) bond motifs is 4. The summed E-state index contributed by atoms with van der Waals surface area (Å²) in [4.78, 5) is 15.5. The molecule has 2 N–H and O–H groups in total. The van der Waals surface area contributed by atoms with E-state index in [1.165, 1.54) is 11.1 Å². The lowest BCUT2D eigenvalue weighted by atomic mass is 9.54. The maximum atomic E-state index is 13.1. The second-order valence-electron chi connectivity index (χ2n) is 12.4. The number of hydrogen-bond donors (Lipinski definition) is 2. The molecule has 32 heavy (non-hydrogen) atoms. The van der Waals surface area contributed by atoms with Crippen LogP contribution < -0.4 is 0 Å². The highest BCUT2D eigenvalue weighted by molar-refractivity contribution is 5.95. The maximum Gasteiger partial charge on any atom is 0.159 e. The molecule has 0 aromatic rings. The van der Waals surface area contributed by atoms with Gasteiger partial charge in [-0.05, 0) is 104 Å². The molecule has 0 unspecified atom stereocenters. The van der Waals surface area contributed by atoms with Gasteiger partial charge in [0, 0.05) is 18.5 Å². The molecule has 0 spiro atoms. The van der Waals surface area contributed by atoms with Gasteiger partial charge in [0.15, 0.2) is 5.78 Å². The van der Waals surface area contributed by atoms with Gasteiger partial charge in [-0.15, -0.1) is 0 Å². The van der Waals surface area contributed by atoms with Gasteiger partial charge in [0.05, 0.1) is 12.2 Å². The Morgan fingerprint density at radius 3 is 2.62 bits per heavy atom. The Morgan fingerprint density at radius 1 is 1.16 bits per heavy atom. The zero-order valence-corrected chi connectivity index (χ0v) is 20.7. The molecule has 2 fully saturated rings. The number of piperidine rings is 1. The first-order valence-corrected chi connectivity index (χ1v) is 13.2. The van der Waals surface area contributed by atoms with Gasteiger partial charge in [-0.1, -0.05) is 33.3 Å². The summed E-state index contributed by atoms with van der Waals surface area (Å²) in [6.45, 7) is 10.4. The summed E-state index contributed by atoms with van der Waals surface area (Å²) >= 11 is 0. The third-order valence-electron chi connectivity index (χ3n) is 10.6. The van der Waals surface area contributed by atoms with Crippen LogP contribution in [0.5, 0.6) is 0 Å². The van der Waals surface area contributed by atoms with Crippen LogP contribution in [0.4, 0.5) is 0 Å². The van der Waals surface area contributed by atoms with Crippen LogP contribution in [0.3, 0.4) is 0 Å². The number of ketones is 1. The van der Waals surface area contributed by atoms with E-state index in [-0.39, 0.29) is 35.4 Å². The molecule has 1 saturated carbocycles. The van der Waals surface area contributed by atoms with Gasteiger partial charge in [-0.25, -0.2) is 0 Å². The van der Waals surface area contributed by atoms with E-state index >= 15 is 0 Å². The number of carbonyl (C=O) groups excluding carboxylic acids is 1. The van der Waals surface area contributed by atoms with E-state index in [0.717, 1.165) is 45.1 Å². The zero-order valence-electron chi connectivity index (χ0n) is 20.7. The van der Waals surface area contributed by atoms with Crippen LogP contribution in [0.2, 0.25) is 0 Å². The Balaban J connectivity index is 1.40. The molecule has 178 valence electrons. The SMILES string of the molecule is C[C@@H]1C[C@@H](O)[C@@H]([C@H](C)[C@H]2CCC3=C(C[C@H]4C3=CC(=O)[C@H]3C[C@@H](O)CC[C@@]34C)[C@H]2C)N(C)C1. The van der Waals surface area contributed by atoms with Crippen molar-refractivity contribution in [3.05, 3.63) is 22.8 Å². The zero-order chi connectivity index (χ0) is 22.9. The summed E-state index contributed by atoms with van der Waals surface area (Å²) in [6, 6.07) is 0.243. The first kappa shape index (κ1) is 22.8. The predicted molar refractivity (Wildman–Crippen MR) is 127 cm³/mol. The number of likely N-dealkylation sites (N-methyl/N-ethyl adjacent to an activating group) is 1. The van der Waals surface area contributed by atoms with E-state index in [1.54, 1.807) is 5.57 Å². The lowest BCUT2D eigenvalue weighted by Crippen LogP contribution is -2.54. The molecule has 4 nitrogen and oxygen atoms in total. The van der Waals surface area contributed by atoms with Crippen LogP contribution in [0.1, 0.15) is 72.6 Å². The Kier molecular flexibility index (Phi) is 5.74. The van der Waals surface area contributed by atoms with Gasteiger partial charge in [0.1, 0.15) is 0 Å². The number of likely N-dealkylation sites (tertiary alicyclic amines) is 1. The van der Waals surface area contributed by atoms with E-state index in [1.807, 2.05) is 6.08 Å². The van der Waals surface area contributed by atoms with Gasteiger partial charge in [-0.2, -0.15) is 0 Å². The van der Waals surface area contributed by atoms with Gasteiger partial charge < -0.3 is 15.1 Å². The van der Waals surface area contributed by atoms with Gasteiger partial charge >= 0.3 is 0 Å². The summed E-state index contributed by atoms with van der Waals surface area (Å²) in [5, 5.41) is 21.2. The van der Waals surface area contributed by atoms with Crippen molar-refractivity contribution in [1.29, 1.82) is 0 Å². The van der Waals surface area contributed by atoms with Crippen LogP contribution in [-0.2, 0) is 4.79 Å². The fourth-order valence-corrected chi connectivity index (χ4v) is 8.89. The molecule has 1 aliphatic heterocycles. The molecule has 0 bridgehead atoms. The average molecular weight is 442 g/mol. The average Bonchev–Trinajstić information content (AvgIpc) is 3.09. The number of aliphatic hydroxyl groups excluding tert-OH is 2. The summed E-state index contributed by atoms with van der Waals surface area (Å²) in [7, 11) is 2.19. The highest BCUT2D eigenvalue weighted by Gasteiger charge is 2.55. The van der Waals surface area contributed by atoms with Gasteiger partial charge in [0.2, 0.25) is 0 Å². The van der Waals surface area contributed by atoms with Crippen molar-refractivity contribution in [3.8, 4) is 0 Å². The standard InChI is InChI=1S/C28H43NO3/c1-15-10-26(32)27(29(5)14-15)17(3)19-6-7-20-21(16(19)2)12-23-22(20)13-25(31)24-11-18(30)8-9-28(23,24)4/h13,15-19,23-24,26-27,30,32H,6-12,14H2,1-5H3/t15-,16+,17-,18+,19+,23+,24-,26-,27-,28-/m1/s1. The summed E-state index contributed by atoms with van der Waals surface area (Å²) in [5.74, 6) is 2.79. The molecule has 1 saturated heterocycles. The number of carbonyl (C=O) groups is 1. The lowest BCUT2D eigenvalue weighted by Gasteiger charge is -2.49. The third kappa shape index (κ3) is 3.39. The number of hydrogen-bond acceptors (Lipinski definition) is 4. The topological polar surface area (TPSA) is 60.8 Å². The third-order valence-corrected chi connectivity index (χ3v) is 10.6. The van der Waals surface area contributed by atoms with Crippen molar-refractivity contribution in [2.45, 2.75) is 90.9 Å². The fourth-order valence-electron chi connectivity index (χ4n) is 8.89. The molecule has 0 aromatic heterocycles. The molecule has 4 heteroatoms. The molecular formula is C28H43NO3. The number of aliphatic hydroxyl groups is 2. The number of allylic oxidation sites excluding steroid dienone is 4. The Hall–Kier alpha value is -0.970. The monoisotopic (exact) mass is 441 g/mol. The lowest BCUT2D eigenvalue weighted by molar-refractivity contribution is -0.130. The van der Waals surface area contributed by atoms with Crippen LogP contribution in [0, 0.1) is 40.9 Å². The quantitative estimate of drug-likeness (QED) is 0.668. The van der Waals surface area contributed by atoms with Crippen LogP contribution >= 0.6 is 0 Å². The smallest absolute Gasteiger partial charge is 0.159 e.